The van der Waals surface area contributed by atoms with Crippen molar-refractivity contribution in [3.8, 4) is 11.5 Å². The van der Waals surface area contributed by atoms with E-state index in [0.717, 1.165) is 37.3 Å². The van der Waals surface area contributed by atoms with Gasteiger partial charge in [0.05, 0.1) is 0 Å². The third kappa shape index (κ3) is 4.52. The van der Waals surface area contributed by atoms with E-state index in [-0.39, 0.29) is 6.04 Å². The zero-order chi connectivity index (χ0) is 22.8. The van der Waals surface area contributed by atoms with E-state index < -0.39 is 0 Å². The highest BCUT2D eigenvalue weighted by Gasteiger charge is 2.31. The fourth-order valence-electron chi connectivity index (χ4n) is 4.50. The molecule has 0 unspecified atom stereocenters. The van der Waals surface area contributed by atoms with Crippen LogP contribution in [0.2, 0.25) is 5.02 Å². The largest absolute Gasteiger partial charge is 0.419 e. The van der Waals surface area contributed by atoms with Crippen molar-refractivity contribution in [3.63, 3.8) is 0 Å². The molecule has 4 aromatic rings. The monoisotopic (exact) mass is 458 g/mol. The lowest BCUT2D eigenvalue weighted by atomic mass is 10.0. The van der Waals surface area contributed by atoms with E-state index in [1.807, 2.05) is 30.3 Å². The molecular formula is C27H27ClN4O. The predicted octanol–water partition coefficient (Wildman–Crippen LogP) is 5.92. The number of piperazine rings is 1. The van der Waals surface area contributed by atoms with Gasteiger partial charge in [0.25, 0.3) is 0 Å². The molecule has 0 radical (unpaired) electrons. The molecule has 5 rings (SSSR count). The number of hydrogen-bond acceptors (Lipinski definition) is 5. The van der Waals surface area contributed by atoms with E-state index in [1.54, 1.807) is 0 Å². The maximum atomic E-state index is 6.21. The van der Waals surface area contributed by atoms with Gasteiger partial charge in [-0.1, -0.05) is 54.1 Å². The topological polar surface area (TPSA) is 45.4 Å². The summed E-state index contributed by atoms with van der Waals surface area (Å²) < 4.78 is 6.21. The molecule has 0 spiro atoms. The molecule has 1 atom stereocenters. The van der Waals surface area contributed by atoms with Crippen LogP contribution in [-0.2, 0) is 0 Å². The predicted molar refractivity (Wildman–Crippen MR) is 133 cm³/mol. The Hall–Kier alpha value is -3.15. The third-order valence-corrected chi connectivity index (χ3v) is 6.73. The van der Waals surface area contributed by atoms with Crippen LogP contribution < -0.4 is 4.90 Å². The van der Waals surface area contributed by atoms with Gasteiger partial charge in [-0.05, 0) is 60.9 Å². The first kappa shape index (κ1) is 21.7. The number of benzene rings is 3. The van der Waals surface area contributed by atoms with Crippen LogP contribution in [0.3, 0.4) is 0 Å². The van der Waals surface area contributed by atoms with Crippen LogP contribution >= 0.6 is 11.6 Å². The van der Waals surface area contributed by atoms with E-state index in [2.05, 4.69) is 76.3 Å². The second kappa shape index (κ2) is 9.38. The average molecular weight is 459 g/mol. The number of aromatic nitrogens is 2. The van der Waals surface area contributed by atoms with Gasteiger partial charge in [0.2, 0.25) is 11.8 Å². The van der Waals surface area contributed by atoms with Crippen molar-refractivity contribution >= 4 is 17.3 Å². The van der Waals surface area contributed by atoms with Gasteiger partial charge in [0, 0.05) is 42.5 Å². The Morgan fingerprint density at radius 1 is 0.818 bits per heavy atom. The molecule has 2 heterocycles. The van der Waals surface area contributed by atoms with Crippen molar-refractivity contribution in [1.82, 2.24) is 15.1 Å². The van der Waals surface area contributed by atoms with Gasteiger partial charge in [0.15, 0.2) is 0 Å². The Morgan fingerprint density at radius 3 is 2.27 bits per heavy atom. The molecule has 0 N–H and O–H groups in total. The maximum absolute atomic E-state index is 6.21. The number of rotatable bonds is 5. The maximum Gasteiger partial charge on any atom is 0.247 e. The Bertz CT molecular complexity index is 1210. The molecule has 168 valence electrons. The number of anilines is 1. The number of aryl methyl sites for hydroxylation is 1. The summed E-state index contributed by atoms with van der Waals surface area (Å²) in [5.74, 6) is 1.13. The molecular weight excluding hydrogens is 432 g/mol. The minimum Gasteiger partial charge on any atom is -0.419 e. The lowest BCUT2D eigenvalue weighted by molar-refractivity contribution is 0.188. The van der Waals surface area contributed by atoms with Crippen LogP contribution in [0, 0.1) is 13.8 Å². The Kier molecular flexibility index (Phi) is 6.16. The van der Waals surface area contributed by atoms with Gasteiger partial charge in [-0.25, -0.2) is 0 Å². The Labute approximate surface area is 199 Å². The third-order valence-electron chi connectivity index (χ3n) is 6.48. The van der Waals surface area contributed by atoms with Gasteiger partial charge in [-0.3, -0.25) is 4.90 Å². The zero-order valence-corrected chi connectivity index (χ0v) is 19.7. The SMILES string of the molecule is Cc1cccc(N2CCN([C@@H](c3ccccc3)c3nnc(-c4ccc(Cl)cc4)o3)CC2)c1C. The fraction of sp³-hybridized carbons (Fsp3) is 0.259. The summed E-state index contributed by atoms with van der Waals surface area (Å²) in [5, 5.41) is 9.49. The highest BCUT2D eigenvalue weighted by atomic mass is 35.5. The molecule has 5 nitrogen and oxygen atoms in total. The van der Waals surface area contributed by atoms with Crippen LogP contribution in [0.15, 0.2) is 77.2 Å². The summed E-state index contributed by atoms with van der Waals surface area (Å²) in [5.41, 5.74) is 6.04. The molecule has 0 bridgehead atoms. The molecule has 33 heavy (non-hydrogen) atoms. The fourth-order valence-corrected chi connectivity index (χ4v) is 4.62. The highest BCUT2D eigenvalue weighted by molar-refractivity contribution is 6.30. The smallest absolute Gasteiger partial charge is 0.247 e. The van der Waals surface area contributed by atoms with Crippen molar-refractivity contribution in [2.24, 2.45) is 0 Å². The first-order valence-electron chi connectivity index (χ1n) is 11.3. The molecule has 3 aromatic carbocycles. The summed E-state index contributed by atoms with van der Waals surface area (Å²) in [6.45, 7) is 8.10. The van der Waals surface area contributed by atoms with Crippen LogP contribution in [0.5, 0.6) is 0 Å². The van der Waals surface area contributed by atoms with E-state index in [0.29, 0.717) is 16.8 Å². The first-order chi connectivity index (χ1) is 16.1. The van der Waals surface area contributed by atoms with E-state index in [9.17, 15) is 0 Å². The van der Waals surface area contributed by atoms with Crippen LogP contribution in [-0.4, -0.2) is 41.3 Å². The molecule has 0 saturated carbocycles. The molecule has 6 heteroatoms. The molecule has 1 fully saturated rings. The van der Waals surface area contributed by atoms with E-state index in [1.165, 1.54) is 16.8 Å². The quantitative estimate of drug-likeness (QED) is 0.371. The lowest BCUT2D eigenvalue weighted by Crippen LogP contribution is -2.48. The molecule has 1 aliphatic heterocycles. The number of nitrogens with zero attached hydrogens (tertiary/aromatic N) is 4. The minimum absolute atomic E-state index is 0.0829. The summed E-state index contributed by atoms with van der Waals surface area (Å²) in [6, 6.07) is 24.4. The summed E-state index contributed by atoms with van der Waals surface area (Å²) in [7, 11) is 0. The molecule has 1 aromatic heterocycles. The molecule has 1 aliphatic rings. The molecule has 0 aliphatic carbocycles. The zero-order valence-electron chi connectivity index (χ0n) is 18.9. The van der Waals surface area contributed by atoms with Crippen molar-refractivity contribution in [1.29, 1.82) is 0 Å². The van der Waals surface area contributed by atoms with Gasteiger partial charge in [-0.2, -0.15) is 0 Å². The normalized spacial score (nSPS) is 15.5. The van der Waals surface area contributed by atoms with Gasteiger partial charge in [-0.15, -0.1) is 10.2 Å². The minimum atomic E-state index is -0.0829. The van der Waals surface area contributed by atoms with Crippen LogP contribution in [0.1, 0.15) is 28.6 Å². The summed E-state index contributed by atoms with van der Waals surface area (Å²) in [4.78, 5) is 4.92. The number of halogens is 1. The van der Waals surface area contributed by atoms with Gasteiger partial charge in [0.1, 0.15) is 6.04 Å². The van der Waals surface area contributed by atoms with E-state index in [4.69, 9.17) is 16.0 Å². The van der Waals surface area contributed by atoms with Crippen molar-refractivity contribution < 1.29 is 4.42 Å². The van der Waals surface area contributed by atoms with Crippen molar-refractivity contribution in [2.45, 2.75) is 19.9 Å². The van der Waals surface area contributed by atoms with E-state index >= 15 is 0 Å². The van der Waals surface area contributed by atoms with Crippen LogP contribution in [0.4, 0.5) is 5.69 Å². The Morgan fingerprint density at radius 2 is 1.55 bits per heavy atom. The molecule has 1 saturated heterocycles. The van der Waals surface area contributed by atoms with Gasteiger partial charge >= 0.3 is 0 Å². The summed E-state index contributed by atoms with van der Waals surface area (Å²) >= 11 is 6.03. The lowest BCUT2D eigenvalue weighted by Gasteiger charge is -2.39. The number of hydrogen-bond donors (Lipinski definition) is 0. The van der Waals surface area contributed by atoms with Crippen molar-refractivity contribution in [2.75, 3.05) is 31.1 Å². The summed E-state index contributed by atoms with van der Waals surface area (Å²) in [6.07, 6.45) is 0. The van der Waals surface area contributed by atoms with Crippen molar-refractivity contribution in [3.05, 3.63) is 100 Å². The standard InChI is InChI=1S/C27H27ClN4O/c1-19-7-6-10-24(20(19)2)31-15-17-32(18-16-31)25(21-8-4-3-5-9-21)27-30-29-26(33-27)22-11-13-23(28)14-12-22/h3-14,25H,15-18H2,1-2H3/t25-/m0/s1. The second-order valence-electron chi connectivity index (χ2n) is 8.51. The molecule has 0 amide bonds. The second-order valence-corrected chi connectivity index (χ2v) is 8.94. The highest BCUT2D eigenvalue weighted by Crippen LogP contribution is 2.32. The average Bonchev–Trinajstić information content (AvgIpc) is 3.32. The van der Waals surface area contributed by atoms with Gasteiger partial charge < -0.3 is 9.32 Å². The van der Waals surface area contributed by atoms with Crippen LogP contribution in [0.25, 0.3) is 11.5 Å². The Balaban J connectivity index is 1.41. The first-order valence-corrected chi connectivity index (χ1v) is 11.7.